The van der Waals surface area contributed by atoms with Crippen LogP contribution in [0.2, 0.25) is 0 Å². The second kappa shape index (κ2) is 16.4. The first-order valence-electron chi connectivity index (χ1n) is 9.94. The molecule has 0 aliphatic carbocycles. The number of hydrogen-bond acceptors (Lipinski definition) is 13. The molecule has 14 nitrogen and oxygen atoms in total. The van der Waals surface area contributed by atoms with Crippen LogP contribution >= 0.6 is 23.1 Å². The van der Waals surface area contributed by atoms with Crippen molar-refractivity contribution in [3.8, 4) is 10.6 Å². The van der Waals surface area contributed by atoms with Crippen LogP contribution in [0.5, 0.6) is 0 Å². The van der Waals surface area contributed by atoms with E-state index >= 15 is 0 Å². The number of nitrogens with one attached hydrogen (secondary N) is 1. The van der Waals surface area contributed by atoms with Crippen molar-refractivity contribution in [3.05, 3.63) is 18.2 Å². The Morgan fingerprint density at radius 1 is 1.26 bits per heavy atom. The van der Waals surface area contributed by atoms with Gasteiger partial charge in [-0.2, -0.15) is 0 Å². The number of carboxylic acids is 2. The number of amides is 1. The van der Waals surface area contributed by atoms with Gasteiger partial charge in [-0.15, -0.1) is 15.3 Å². The normalized spacial score (nSPS) is 11.3. The van der Waals surface area contributed by atoms with Crippen LogP contribution in [0.1, 0.15) is 32.6 Å². The fourth-order valence-electron chi connectivity index (χ4n) is 2.34. The average molecular weight is 531 g/mol. The molecule has 0 spiro atoms. The molecule has 0 bridgehead atoms. The molecular formula is C19H30N8O6S2. The highest BCUT2D eigenvalue weighted by atomic mass is 32.2. The fraction of sp³-hybridized carbons (Fsp3) is 0.421. The van der Waals surface area contributed by atoms with Gasteiger partial charge in [-0.05, 0) is 31.0 Å². The summed E-state index contributed by atoms with van der Waals surface area (Å²) in [6, 6.07) is 3.69. The molecule has 1 unspecified atom stereocenters. The van der Waals surface area contributed by atoms with Gasteiger partial charge in [0.05, 0.1) is 0 Å². The number of hydrogen-bond donors (Lipinski definition) is 6. The Morgan fingerprint density at radius 3 is 2.66 bits per heavy atom. The molecule has 1 aromatic carbocycles. The first-order chi connectivity index (χ1) is 15.8. The van der Waals surface area contributed by atoms with Gasteiger partial charge in [-0.25, -0.2) is 4.79 Å². The summed E-state index contributed by atoms with van der Waals surface area (Å²) < 4.78 is 0.801. The molecule has 35 heavy (non-hydrogen) atoms. The first-order valence-corrected chi connectivity index (χ1v) is 11.7. The minimum atomic E-state index is -1.20. The SMILES string of the molecule is CCCCSc1nnc(-c2ccc(NC(=O)CCC(N)C(=O)O)cc2/N=N/OCC(=O)O)s1.N.N. The van der Waals surface area contributed by atoms with Crippen molar-refractivity contribution < 1.29 is 29.4 Å². The third-order valence-electron chi connectivity index (χ3n) is 4.04. The topological polar surface area (TPSA) is 259 Å². The third kappa shape index (κ3) is 11.2. The Labute approximate surface area is 209 Å². The first kappa shape index (κ1) is 31.8. The van der Waals surface area contributed by atoms with Crippen LogP contribution in [0.15, 0.2) is 32.9 Å². The zero-order valence-corrected chi connectivity index (χ0v) is 20.8. The highest BCUT2D eigenvalue weighted by Gasteiger charge is 2.16. The zero-order chi connectivity index (χ0) is 24.2. The molecule has 16 heteroatoms. The van der Waals surface area contributed by atoms with E-state index in [1.54, 1.807) is 23.9 Å². The number of rotatable bonds is 14. The zero-order valence-electron chi connectivity index (χ0n) is 19.2. The van der Waals surface area contributed by atoms with Crippen molar-refractivity contribution >= 4 is 52.3 Å². The van der Waals surface area contributed by atoms with Crippen molar-refractivity contribution in [3.63, 3.8) is 0 Å². The number of thioether (sulfide) groups is 1. The van der Waals surface area contributed by atoms with Gasteiger partial charge in [-0.3, -0.25) is 9.59 Å². The fourth-order valence-corrected chi connectivity index (χ4v) is 4.38. The Morgan fingerprint density at radius 2 is 2.00 bits per heavy atom. The van der Waals surface area contributed by atoms with Gasteiger partial charge >= 0.3 is 11.9 Å². The van der Waals surface area contributed by atoms with Crippen LogP contribution in [0.25, 0.3) is 10.6 Å². The molecule has 0 saturated carbocycles. The van der Waals surface area contributed by atoms with Crippen molar-refractivity contribution in [1.82, 2.24) is 22.5 Å². The largest absolute Gasteiger partial charge is 0.480 e. The predicted octanol–water partition coefficient (Wildman–Crippen LogP) is 3.65. The average Bonchev–Trinajstić information content (AvgIpc) is 3.24. The van der Waals surface area contributed by atoms with Crippen LogP contribution in [0, 0.1) is 0 Å². The number of carbonyl (C=O) groups is 3. The number of nitrogens with two attached hydrogens (primary N) is 1. The van der Waals surface area contributed by atoms with E-state index in [9.17, 15) is 14.4 Å². The van der Waals surface area contributed by atoms with E-state index in [1.165, 1.54) is 17.4 Å². The lowest BCUT2D eigenvalue weighted by Crippen LogP contribution is -2.31. The van der Waals surface area contributed by atoms with E-state index in [-0.39, 0.29) is 30.8 Å². The molecule has 0 fully saturated rings. The smallest absolute Gasteiger partial charge is 0.344 e. The van der Waals surface area contributed by atoms with Crippen LogP contribution in [0.3, 0.4) is 0 Å². The second-order valence-corrected chi connectivity index (χ2v) is 9.01. The number of anilines is 1. The third-order valence-corrected chi connectivity index (χ3v) is 6.21. The van der Waals surface area contributed by atoms with E-state index in [0.29, 0.717) is 16.3 Å². The quantitative estimate of drug-likeness (QED) is 0.0884. The van der Waals surface area contributed by atoms with Gasteiger partial charge in [0, 0.05) is 28.7 Å². The molecule has 11 N–H and O–H groups in total. The molecule has 1 atom stereocenters. The monoisotopic (exact) mass is 530 g/mol. The molecule has 1 amide bonds. The van der Waals surface area contributed by atoms with Crippen molar-refractivity contribution in [2.75, 3.05) is 17.7 Å². The summed E-state index contributed by atoms with van der Waals surface area (Å²) in [5.74, 6) is -1.87. The van der Waals surface area contributed by atoms with E-state index in [4.69, 9.17) is 15.9 Å². The van der Waals surface area contributed by atoms with E-state index < -0.39 is 30.5 Å². The minimum absolute atomic E-state index is 0. The van der Waals surface area contributed by atoms with Crippen molar-refractivity contribution in [2.45, 2.75) is 43.0 Å². The molecule has 0 aliphatic rings. The maximum atomic E-state index is 12.1. The van der Waals surface area contributed by atoms with Crippen LogP contribution in [-0.4, -0.2) is 56.7 Å². The molecule has 2 rings (SSSR count). The van der Waals surface area contributed by atoms with Gasteiger partial charge < -0.3 is 38.4 Å². The number of benzene rings is 1. The molecule has 0 radical (unpaired) electrons. The molecule has 1 heterocycles. The summed E-state index contributed by atoms with van der Waals surface area (Å²) in [6.45, 7) is 1.45. The summed E-state index contributed by atoms with van der Waals surface area (Å²) in [4.78, 5) is 38.2. The number of carbonyl (C=O) groups excluding carboxylic acids is 1. The van der Waals surface area contributed by atoms with E-state index in [0.717, 1.165) is 22.9 Å². The summed E-state index contributed by atoms with van der Waals surface area (Å²) in [7, 11) is 0. The second-order valence-electron chi connectivity index (χ2n) is 6.69. The lowest BCUT2D eigenvalue weighted by atomic mass is 10.1. The van der Waals surface area contributed by atoms with Gasteiger partial charge in [0.2, 0.25) is 12.5 Å². The Bertz CT molecular complexity index is 1000. The number of aliphatic carboxylic acids is 2. The number of unbranched alkanes of at least 4 members (excludes halogenated alkanes) is 1. The summed E-state index contributed by atoms with van der Waals surface area (Å²) in [5, 5.41) is 36.4. The van der Waals surface area contributed by atoms with Crippen molar-refractivity contribution in [2.24, 2.45) is 16.1 Å². The number of aromatic nitrogens is 2. The van der Waals surface area contributed by atoms with Gasteiger partial charge in [0.1, 0.15) is 11.7 Å². The predicted molar refractivity (Wildman–Crippen MR) is 133 cm³/mol. The molecule has 2 aromatic rings. The highest BCUT2D eigenvalue weighted by Crippen LogP contribution is 2.37. The Balaban J connectivity index is 0.00000578. The molecule has 1 aromatic heterocycles. The summed E-state index contributed by atoms with van der Waals surface area (Å²) in [5.41, 5.74) is 6.65. The van der Waals surface area contributed by atoms with E-state index in [2.05, 4.69) is 37.7 Å². The highest BCUT2D eigenvalue weighted by molar-refractivity contribution is 8.01. The number of nitrogens with zero attached hydrogens (tertiary/aromatic N) is 4. The lowest BCUT2D eigenvalue weighted by molar-refractivity contribution is -0.142. The molecule has 194 valence electrons. The summed E-state index contributed by atoms with van der Waals surface area (Å²) >= 11 is 2.98. The maximum Gasteiger partial charge on any atom is 0.344 e. The maximum absolute atomic E-state index is 12.1. The van der Waals surface area contributed by atoms with Gasteiger partial charge in [0.15, 0.2) is 9.35 Å². The van der Waals surface area contributed by atoms with Crippen LogP contribution in [0.4, 0.5) is 11.4 Å². The van der Waals surface area contributed by atoms with E-state index in [1.807, 2.05) is 0 Å². The Kier molecular flexibility index (Phi) is 15.0. The molecular weight excluding hydrogens is 500 g/mol. The minimum Gasteiger partial charge on any atom is -0.480 e. The van der Waals surface area contributed by atoms with Crippen LogP contribution in [-0.2, 0) is 19.2 Å². The summed E-state index contributed by atoms with van der Waals surface area (Å²) in [6.07, 6.45) is 2.04. The van der Waals surface area contributed by atoms with Crippen LogP contribution < -0.4 is 23.4 Å². The lowest BCUT2D eigenvalue weighted by Gasteiger charge is -2.09. The van der Waals surface area contributed by atoms with Gasteiger partial charge in [0.25, 0.3) is 0 Å². The van der Waals surface area contributed by atoms with Crippen molar-refractivity contribution in [1.29, 1.82) is 0 Å². The number of carboxylic acid groups (broad SMARTS) is 2. The molecule has 0 saturated heterocycles. The standard InChI is InChI=1S/C19H24N6O6S2.2H3N/c1-2-3-8-32-19-24-23-17(33-19)12-5-4-11(9-14(12)22-25-31-10-16(27)28)21-15(26)7-6-13(20)18(29)30;;/h4-5,9,13H,2-3,6-8,10,20H2,1H3,(H,21,26)(H,27,28)(H,29,30);2*1H3/b25-22+;;. The van der Waals surface area contributed by atoms with Gasteiger partial charge in [-0.1, -0.05) is 36.4 Å². The Hall–Kier alpha value is -3.18. The molecule has 0 aliphatic heterocycles.